The van der Waals surface area contributed by atoms with E-state index >= 15 is 0 Å². The molecule has 0 aliphatic carbocycles. The van der Waals surface area contributed by atoms with Crippen LogP contribution in [0.5, 0.6) is 0 Å². The van der Waals surface area contributed by atoms with Crippen LogP contribution in [0.25, 0.3) is 5.69 Å². The number of aldehydes is 1. The number of rotatable bonds is 2. The maximum absolute atomic E-state index is 10.4. The summed E-state index contributed by atoms with van der Waals surface area (Å²) in [6.45, 7) is 3.95. The Morgan fingerprint density at radius 2 is 2.07 bits per heavy atom. The SMILES string of the molecule is Cc1ncn(-c2ccc(C=O)nc2)c1C. The molecule has 0 bridgehead atoms. The second kappa shape index (κ2) is 3.65. The van der Waals surface area contributed by atoms with E-state index in [9.17, 15) is 4.79 Å². The van der Waals surface area contributed by atoms with E-state index in [2.05, 4.69) is 9.97 Å². The van der Waals surface area contributed by atoms with Crippen LogP contribution in [-0.4, -0.2) is 20.8 Å². The highest BCUT2D eigenvalue weighted by Crippen LogP contribution is 2.12. The quantitative estimate of drug-likeness (QED) is 0.695. The summed E-state index contributed by atoms with van der Waals surface area (Å²) in [6.07, 6.45) is 4.15. The molecule has 2 aromatic rings. The van der Waals surface area contributed by atoms with Crippen molar-refractivity contribution in [1.82, 2.24) is 14.5 Å². The molecule has 0 aromatic carbocycles. The van der Waals surface area contributed by atoms with Crippen molar-refractivity contribution in [3.8, 4) is 5.69 Å². The molecule has 0 N–H and O–H groups in total. The van der Waals surface area contributed by atoms with Gasteiger partial charge in [-0.25, -0.2) is 4.98 Å². The number of imidazole rings is 1. The van der Waals surface area contributed by atoms with Gasteiger partial charge in [-0.05, 0) is 26.0 Å². The molecule has 0 aliphatic rings. The van der Waals surface area contributed by atoms with Crippen molar-refractivity contribution < 1.29 is 4.79 Å². The van der Waals surface area contributed by atoms with Crippen LogP contribution in [0.2, 0.25) is 0 Å². The molecule has 4 nitrogen and oxygen atoms in total. The fourth-order valence-corrected chi connectivity index (χ4v) is 1.37. The van der Waals surface area contributed by atoms with E-state index in [1.54, 1.807) is 18.6 Å². The average Bonchev–Trinajstić information content (AvgIpc) is 2.60. The van der Waals surface area contributed by atoms with E-state index in [0.29, 0.717) is 5.69 Å². The molecular formula is C11H11N3O. The second-order valence-corrected chi connectivity index (χ2v) is 3.34. The maximum Gasteiger partial charge on any atom is 0.168 e. The third-order valence-electron chi connectivity index (χ3n) is 2.42. The van der Waals surface area contributed by atoms with Gasteiger partial charge in [0.05, 0.1) is 23.9 Å². The van der Waals surface area contributed by atoms with Crippen LogP contribution < -0.4 is 0 Å². The summed E-state index contributed by atoms with van der Waals surface area (Å²) in [5, 5.41) is 0. The molecule has 2 rings (SSSR count). The lowest BCUT2D eigenvalue weighted by Gasteiger charge is -2.04. The standard InChI is InChI=1S/C11H11N3O/c1-8-9(2)14(7-13-8)11-4-3-10(6-15)12-5-11/h3-7H,1-2H3. The molecule has 0 spiro atoms. The Labute approximate surface area is 87.6 Å². The Hall–Kier alpha value is -1.97. The minimum atomic E-state index is 0.438. The minimum absolute atomic E-state index is 0.438. The van der Waals surface area contributed by atoms with Crippen LogP contribution in [0.4, 0.5) is 0 Å². The number of carbonyl (C=O) groups is 1. The molecule has 15 heavy (non-hydrogen) atoms. The Morgan fingerprint density at radius 1 is 1.27 bits per heavy atom. The molecule has 4 heteroatoms. The normalized spacial score (nSPS) is 10.3. The van der Waals surface area contributed by atoms with Gasteiger partial charge in [-0.15, -0.1) is 0 Å². The zero-order valence-electron chi connectivity index (χ0n) is 8.64. The van der Waals surface area contributed by atoms with Crippen LogP contribution in [0.15, 0.2) is 24.7 Å². The molecule has 2 heterocycles. The molecule has 0 amide bonds. The van der Waals surface area contributed by atoms with Gasteiger partial charge >= 0.3 is 0 Å². The first-order valence-electron chi connectivity index (χ1n) is 4.64. The number of aromatic nitrogens is 3. The summed E-state index contributed by atoms with van der Waals surface area (Å²) in [7, 11) is 0. The van der Waals surface area contributed by atoms with Crippen molar-refractivity contribution in [2.45, 2.75) is 13.8 Å². The molecule has 0 fully saturated rings. The molecule has 2 aromatic heterocycles. The van der Waals surface area contributed by atoms with Crippen LogP contribution in [0.1, 0.15) is 21.9 Å². The predicted molar refractivity (Wildman–Crippen MR) is 56.2 cm³/mol. The van der Waals surface area contributed by atoms with E-state index in [1.165, 1.54) is 0 Å². The summed E-state index contributed by atoms with van der Waals surface area (Å²) < 4.78 is 1.94. The first-order chi connectivity index (χ1) is 7.22. The topological polar surface area (TPSA) is 47.8 Å². The fourth-order valence-electron chi connectivity index (χ4n) is 1.37. The lowest BCUT2D eigenvalue weighted by atomic mass is 10.3. The van der Waals surface area contributed by atoms with E-state index in [0.717, 1.165) is 23.4 Å². The van der Waals surface area contributed by atoms with Gasteiger partial charge in [-0.3, -0.25) is 9.78 Å². The molecule has 0 saturated carbocycles. The lowest BCUT2D eigenvalue weighted by Crippen LogP contribution is -1.97. The highest BCUT2D eigenvalue weighted by Gasteiger charge is 2.04. The van der Waals surface area contributed by atoms with Crippen molar-refractivity contribution in [3.05, 3.63) is 41.7 Å². The Kier molecular flexibility index (Phi) is 2.33. The molecule has 0 aliphatic heterocycles. The van der Waals surface area contributed by atoms with Crippen LogP contribution in [0.3, 0.4) is 0 Å². The first-order valence-corrected chi connectivity index (χ1v) is 4.64. The minimum Gasteiger partial charge on any atom is -0.302 e. The smallest absolute Gasteiger partial charge is 0.168 e. The highest BCUT2D eigenvalue weighted by atomic mass is 16.1. The Bertz CT molecular complexity index is 485. The number of pyridine rings is 1. The number of hydrogen-bond acceptors (Lipinski definition) is 3. The zero-order chi connectivity index (χ0) is 10.8. The maximum atomic E-state index is 10.4. The van der Waals surface area contributed by atoms with E-state index < -0.39 is 0 Å². The lowest BCUT2D eigenvalue weighted by molar-refractivity contribution is 0.111. The summed E-state index contributed by atoms with van der Waals surface area (Å²) in [4.78, 5) is 18.7. The molecular weight excluding hydrogens is 190 g/mol. The predicted octanol–water partition coefficient (Wildman–Crippen LogP) is 1.70. The van der Waals surface area contributed by atoms with Gasteiger partial charge in [0.1, 0.15) is 5.69 Å². The van der Waals surface area contributed by atoms with Gasteiger partial charge < -0.3 is 4.57 Å². The summed E-state index contributed by atoms with van der Waals surface area (Å²) in [5.41, 5.74) is 3.43. The summed E-state index contributed by atoms with van der Waals surface area (Å²) >= 11 is 0. The molecule has 76 valence electrons. The average molecular weight is 201 g/mol. The number of carbonyl (C=O) groups excluding carboxylic acids is 1. The zero-order valence-corrected chi connectivity index (χ0v) is 8.64. The van der Waals surface area contributed by atoms with Gasteiger partial charge in [0.2, 0.25) is 0 Å². The fraction of sp³-hybridized carbons (Fsp3) is 0.182. The van der Waals surface area contributed by atoms with Gasteiger partial charge in [0.15, 0.2) is 6.29 Å². The summed E-state index contributed by atoms with van der Waals surface area (Å²) in [6, 6.07) is 3.54. The highest BCUT2D eigenvalue weighted by molar-refractivity contribution is 5.71. The van der Waals surface area contributed by atoms with Gasteiger partial charge in [0.25, 0.3) is 0 Å². The van der Waals surface area contributed by atoms with Crippen LogP contribution in [0, 0.1) is 13.8 Å². The third kappa shape index (κ3) is 1.66. The molecule has 0 unspecified atom stereocenters. The summed E-state index contributed by atoms with van der Waals surface area (Å²) in [5.74, 6) is 0. The van der Waals surface area contributed by atoms with Crippen LogP contribution >= 0.6 is 0 Å². The number of nitrogens with zero attached hydrogens (tertiary/aromatic N) is 3. The van der Waals surface area contributed by atoms with E-state index in [-0.39, 0.29) is 0 Å². The van der Waals surface area contributed by atoms with Gasteiger partial charge in [-0.2, -0.15) is 0 Å². The van der Waals surface area contributed by atoms with Crippen molar-refractivity contribution in [1.29, 1.82) is 0 Å². The van der Waals surface area contributed by atoms with E-state index in [1.807, 2.05) is 24.5 Å². The van der Waals surface area contributed by atoms with E-state index in [4.69, 9.17) is 0 Å². The molecule has 0 saturated heterocycles. The van der Waals surface area contributed by atoms with Gasteiger partial charge in [0, 0.05) is 5.69 Å². The van der Waals surface area contributed by atoms with Crippen molar-refractivity contribution in [2.24, 2.45) is 0 Å². The Morgan fingerprint density at radius 3 is 2.53 bits per heavy atom. The Balaban J connectivity index is 2.45. The molecule has 0 radical (unpaired) electrons. The third-order valence-corrected chi connectivity index (χ3v) is 2.42. The monoisotopic (exact) mass is 201 g/mol. The van der Waals surface area contributed by atoms with Crippen molar-refractivity contribution in [2.75, 3.05) is 0 Å². The number of aryl methyl sites for hydroxylation is 1. The van der Waals surface area contributed by atoms with Crippen molar-refractivity contribution in [3.63, 3.8) is 0 Å². The largest absolute Gasteiger partial charge is 0.302 e. The second-order valence-electron chi connectivity index (χ2n) is 3.34. The molecule has 0 atom stereocenters. The first kappa shape index (κ1) is 9.58. The number of hydrogen-bond donors (Lipinski definition) is 0. The van der Waals surface area contributed by atoms with Crippen LogP contribution in [-0.2, 0) is 0 Å². The van der Waals surface area contributed by atoms with Crippen molar-refractivity contribution >= 4 is 6.29 Å². The van der Waals surface area contributed by atoms with Gasteiger partial charge in [-0.1, -0.05) is 0 Å².